The maximum absolute atomic E-state index is 9.60. The summed E-state index contributed by atoms with van der Waals surface area (Å²) < 4.78 is 14.0. The van der Waals surface area contributed by atoms with Crippen LogP contribution >= 0.6 is 27.5 Å². The first-order chi connectivity index (χ1) is 15.8. The Morgan fingerprint density at radius 2 is 1.85 bits per heavy atom. The second-order valence-electron chi connectivity index (χ2n) is 8.25. The van der Waals surface area contributed by atoms with E-state index < -0.39 is 6.10 Å². The molecule has 0 amide bonds. The number of hydrogen-bond acceptors (Lipinski definition) is 6. The van der Waals surface area contributed by atoms with Crippen LogP contribution in [0.1, 0.15) is 37.1 Å². The van der Waals surface area contributed by atoms with Crippen molar-refractivity contribution in [2.24, 2.45) is 0 Å². The van der Waals surface area contributed by atoms with E-state index in [9.17, 15) is 5.11 Å². The average molecular weight is 539 g/mol. The smallest absolute Gasteiger partial charge is 0.133 e. The Kier molecular flexibility index (Phi) is 9.14. The Labute approximate surface area is 207 Å². The van der Waals surface area contributed by atoms with Crippen LogP contribution in [0.25, 0.3) is 0 Å². The van der Waals surface area contributed by atoms with E-state index in [2.05, 4.69) is 52.2 Å². The zero-order chi connectivity index (χ0) is 23.8. The number of halogens is 2. The topological polar surface area (TPSA) is 89.6 Å². The van der Waals surface area contributed by atoms with Crippen LogP contribution in [0.4, 0.5) is 0 Å². The lowest BCUT2D eigenvalue weighted by Gasteiger charge is -2.27. The summed E-state index contributed by atoms with van der Waals surface area (Å²) in [5.74, 6) is 1.61. The molecule has 0 fully saturated rings. The summed E-state index contributed by atoms with van der Waals surface area (Å²) in [5, 5.41) is 26.4. The predicted molar refractivity (Wildman–Crippen MR) is 131 cm³/mol. The molecule has 33 heavy (non-hydrogen) atoms. The Balaban J connectivity index is 1.56. The average Bonchev–Trinajstić information content (AvgIpc) is 3.29. The molecule has 178 valence electrons. The van der Waals surface area contributed by atoms with Gasteiger partial charge in [-0.05, 0) is 51.3 Å². The highest BCUT2D eigenvalue weighted by atomic mass is 79.9. The molecule has 9 heteroatoms. The van der Waals surface area contributed by atoms with Gasteiger partial charge in [0.2, 0.25) is 0 Å². The second-order valence-corrected chi connectivity index (χ2v) is 9.41. The van der Waals surface area contributed by atoms with E-state index in [1.54, 1.807) is 10.9 Å². The highest BCUT2D eigenvalue weighted by Gasteiger charge is 2.24. The summed E-state index contributed by atoms with van der Waals surface area (Å²) in [5.41, 5.74) is 2.62. The van der Waals surface area contributed by atoms with E-state index in [1.807, 2.05) is 30.3 Å². The van der Waals surface area contributed by atoms with Gasteiger partial charge in [0.1, 0.15) is 29.9 Å². The maximum Gasteiger partial charge on any atom is 0.133 e. The van der Waals surface area contributed by atoms with Crippen LogP contribution in [0.2, 0.25) is 0 Å². The van der Waals surface area contributed by atoms with Crippen molar-refractivity contribution in [3.05, 3.63) is 70.0 Å². The van der Waals surface area contributed by atoms with Crippen molar-refractivity contribution < 1.29 is 19.7 Å². The zero-order valence-corrected chi connectivity index (χ0v) is 21.1. The number of aliphatic hydroxyl groups is 2. The minimum Gasteiger partial charge on any atom is -0.494 e. The molecule has 0 radical (unpaired) electrons. The zero-order valence-electron chi connectivity index (χ0n) is 18.7. The summed E-state index contributed by atoms with van der Waals surface area (Å²) in [6, 6.07) is 14.1. The molecule has 1 heterocycles. The van der Waals surface area contributed by atoms with E-state index >= 15 is 0 Å². The Morgan fingerprint density at radius 1 is 1.12 bits per heavy atom. The lowest BCUT2D eigenvalue weighted by molar-refractivity contribution is 0.125. The second kappa shape index (κ2) is 11.8. The summed E-state index contributed by atoms with van der Waals surface area (Å²) in [6.45, 7) is 5.62. The van der Waals surface area contributed by atoms with Gasteiger partial charge in [0, 0.05) is 18.4 Å². The molecule has 0 bridgehead atoms. The van der Waals surface area contributed by atoms with Crippen LogP contribution in [-0.4, -0.2) is 50.4 Å². The van der Waals surface area contributed by atoms with Gasteiger partial charge in [0.25, 0.3) is 0 Å². The van der Waals surface area contributed by atoms with Crippen molar-refractivity contribution in [3.63, 3.8) is 0 Å². The molecule has 0 aliphatic carbocycles. The first-order valence-corrected chi connectivity index (χ1v) is 12.1. The molecule has 0 saturated heterocycles. The standard InChI is InChI=1S/C24H29BrClN3O4/c1-24(2,18-6-9-23(22(25)12-18)33-16-20(31)13-26)17-4-7-21(8-5-17)32-11-3-10-29-14-19(15-30)27-28-29/h4-9,12,14,20,30-31H,3,10-11,13,15-16H2,1-2H3/t20-/m1/s1. The molecule has 2 aromatic carbocycles. The van der Waals surface area contributed by atoms with Gasteiger partial charge in [0.15, 0.2) is 0 Å². The maximum atomic E-state index is 9.60. The van der Waals surface area contributed by atoms with E-state index in [1.165, 1.54) is 0 Å². The first kappa shape index (κ1) is 25.5. The number of aliphatic hydroxyl groups excluding tert-OH is 2. The number of nitrogens with zero attached hydrogens (tertiary/aromatic N) is 3. The van der Waals surface area contributed by atoms with Crippen molar-refractivity contribution in [2.45, 2.75) is 44.9 Å². The number of ether oxygens (including phenoxy) is 2. The van der Waals surface area contributed by atoms with Gasteiger partial charge < -0.3 is 19.7 Å². The minimum absolute atomic E-state index is 0.104. The monoisotopic (exact) mass is 537 g/mol. The quantitative estimate of drug-likeness (QED) is 0.264. The Morgan fingerprint density at radius 3 is 2.48 bits per heavy atom. The van der Waals surface area contributed by atoms with Crippen LogP contribution < -0.4 is 9.47 Å². The lowest BCUT2D eigenvalue weighted by atomic mass is 9.78. The first-order valence-electron chi connectivity index (χ1n) is 10.7. The van der Waals surface area contributed by atoms with Crippen LogP contribution in [-0.2, 0) is 18.6 Å². The van der Waals surface area contributed by atoms with Crippen molar-refractivity contribution in [1.29, 1.82) is 0 Å². The van der Waals surface area contributed by atoms with Crippen LogP contribution in [0.5, 0.6) is 11.5 Å². The predicted octanol–water partition coefficient (Wildman–Crippen LogP) is 4.31. The van der Waals surface area contributed by atoms with Gasteiger partial charge in [-0.25, -0.2) is 0 Å². The fourth-order valence-corrected chi connectivity index (χ4v) is 3.89. The number of benzene rings is 2. The van der Waals surface area contributed by atoms with Gasteiger partial charge in [-0.1, -0.05) is 37.3 Å². The molecule has 0 aliphatic rings. The van der Waals surface area contributed by atoms with Crippen molar-refractivity contribution >= 4 is 27.5 Å². The third-order valence-electron chi connectivity index (χ3n) is 5.39. The SMILES string of the molecule is CC(C)(c1ccc(OCCCn2cc(CO)nn2)cc1)c1ccc(OC[C@H](O)CCl)c(Br)c1. The van der Waals surface area contributed by atoms with E-state index in [4.69, 9.17) is 26.2 Å². The summed E-state index contributed by atoms with van der Waals surface area (Å²) >= 11 is 9.20. The minimum atomic E-state index is -0.697. The van der Waals surface area contributed by atoms with E-state index in [-0.39, 0.29) is 24.5 Å². The Bertz CT molecular complexity index is 1030. The molecule has 1 aromatic heterocycles. The van der Waals surface area contributed by atoms with Gasteiger partial charge in [-0.2, -0.15) is 0 Å². The van der Waals surface area contributed by atoms with Gasteiger partial charge in [-0.15, -0.1) is 16.7 Å². The third kappa shape index (κ3) is 6.93. The molecule has 3 aromatic rings. The van der Waals surface area contributed by atoms with Crippen LogP contribution in [0, 0.1) is 0 Å². The van der Waals surface area contributed by atoms with Crippen LogP contribution in [0.15, 0.2) is 53.1 Å². The van der Waals surface area contributed by atoms with Crippen molar-refractivity contribution in [1.82, 2.24) is 15.0 Å². The van der Waals surface area contributed by atoms with Gasteiger partial charge >= 0.3 is 0 Å². The summed E-state index contributed by atoms with van der Waals surface area (Å²) in [4.78, 5) is 0. The van der Waals surface area contributed by atoms with Gasteiger partial charge in [0.05, 0.1) is 29.8 Å². The molecule has 0 spiro atoms. The molecule has 7 nitrogen and oxygen atoms in total. The molecule has 2 N–H and O–H groups in total. The fourth-order valence-electron chi connectivity index (χ4n) is 3.31. The number of aromatic nitrogens is 3. The molecule has 3 rings (SSSR count). The lowest BCUT2D eigenvalue weighted by Crippen LogP contribution is -2.20. The normalized spacial score (nSPS) is 12.5. The molecular weight excluding hydrogens is 510 g/mol. The fraction of sp³-hybridized carbons (Fsp3) is 0.417. The highest BCUT2D eigenvalue weighted by molar-refractivity contribution is 9.10. The number of aryl methyl sites for hydroxylation is 1. The molecule has 0 aliphatic heterocycles. The van der Waals surface area contributed by atoms with E-state index in [0.29, 0.717) is 24.6 Å². The number of alkyl halides is 1. The van der Waals surface area contributed by atoms with Crippen molar-refractivity contribution in [3.8, 4) is 11.5 Å². The van der Waals surface area contributed by atoms with E-state index in [0.717, 1.165) is 27.8 Å². The van der Waals surface area contributed by atoms with Gasteiger partial charge in [-0.3, -0.25) is 4.68 Å². The molecule has 1 atom stereocenters. The summed E-state index contributed by atoms with van der Waals surface area (Å²) in [7, 11) is 0. The number of hydrogen-bond donors (Lipinski definition) is 2. The molecular formula is C24H29BrClN3O4. The molecule has 0 saturated carbocycles. The van der Waals surface area contributed by atoms with Crippen molar-refractivity contribution in [2.75, 3.05) is 19.1 Å². The van der Waals surface area contributed by atoms with Crippen LogP contribution in [0.3, 0.4) is 0 Å². The molecule has 0 unspecified atom stereocenters. The third-order valence-corrected chi connectivity index (χ3v) is 6.36. The Hall–Kier alpha value is -2.13. The number of rotatable bonds is 12. The summed E-state index contributed by atoms with van der Waals surface area (Å²) in [6.07, 6.45) is 1.82. The highest BCUT2D eigenvalue weighted by Crippen LogP contribution is 2.36. The largest absolute Gasteiger partial charge is 0.494 e.